The molecular formula is C20H17N3O2. The monoisotopic (exact) mass is 331 g/mol. The number of amides is 2. The Labute approximate surface area is 145 Å². The standard InChI is InChI=1S/C20H17N3O2/c24-19-17-8-1-2-9-18(17)23(13-10-21-19)20(25)15-6-5-7-16(14-15)22-11-3-4-12-22/h1-9,11-12,14H,10,13H2,(H,21,24). The van der Waals surface area contributed by atoms with Gasteiger partial charge in [-0.1, -0.05) is 18.2 Å². The predicted octanol–water partition coefficient (Wildman–Crippen LogP) is 2.87. The zero-order valence-electron chi connectivity index (χ0n) is 13.6. The van der Waals surface area contributed by atoms with E-state index in [9.17, 15) is 9.59 Å². The number of rotatable bonds is 2. The molecule has 5 heteroatoms. The lowest BCUT2D eigenvalue weighted by molar-refractivity contribution is 0.0953. The van der Waals surface area contributed by atoms with Crippen LogP contribution in [-0.4, -0.2) is 29.5 Å². The van der Waals surface area contributed by atoms with E-state index in [0.717, 1.165) is 5.69 Å². The maximum absolute atomic E-state index is 13.1. The average Bonchev–Trinajstić information content (AvgIpc) is 3.14. The van der Waals surface area contributed by atoms with Crippen molar-refractivity contribution in [1.82, 2.24) is 9.88 Å². The Morgan fingerprint density at radius 1 is 0.960 bits per heavy atom. The first-order valence-corrected chi connectivity index (χ1v) is 8.16. The van der Waals surface area contributed by atoms with Crippen molar-refractivity contribution >= 4 is 17.5 Å². The van der Waals surface area contributed by atoms with Crippen molar-refractivity contribution in [3.05, 3.63) is 84.2 Å². The van der Waals surface area contributed by atoms with Crippen molar-refractivity contribution in [3.63, 3.8) is 0 Å². The lowest BCUT2D eigenvalue weighted by Crippen LogP contribution is -2.35. The van der Waals surface area contributed by atoms with Crippen molar-refractivity contribution in [2.75, 3.05) is 18.0 Å². The molecule has 25 heavy (non-hydrogen) atoms. The van der Waals surface area contributed by atoms with Crippen LogP contribution in [0.25, 0.3) is 5.69 Å². The number of benzene rings is 2. The first kappa shape index (κ1) is 15.2. The molecule has 124 valence electrons. The Hall–Kier alpha value is -3.34. The van der Waals surface area contributed by atoms with Crippen LogP contribution in [0, 0.1) is 0 Å². The van der Waals surface area contributed by atoms with E-state index in [0.29, 0.717) is 29.9 Å². The second-order valence-corrected chi connectivity index (χ2v) is 5.87. The summed E-state index contributed by atoms with van der Waals surface area (Å²) in [5.41, 5.74) is 2.69. The van der Waals surface area contributed by atoms with Crippen LogP contribution >= 0.6 is 0 Å². The summed E-state index contributed by atoms with van der Waals surface area (Å²) in [5, 5.41) is 2.83. The number of hydrogen-bond acceptors (Lipinski definition) is 2. The third-order valence-electron chi connectivity index (χ3n) is 4.30. The lowest BCUT2D eigenvalue weighted by atomic mass is 10.1. The van der Waals surface area contributed by atoms with Gasteiger partial charge in [-0.25, -0.2) is 0 Å². The fourth-order valence-corrected chi connectivity index (χ4v) is 3.07. The Balaban J connectivity index is 1.73. The first-order chi connectivity index (χ1) is 12.2. The second kappa shape index (κ2) is 6.28. The van der Waals surface area contributed by atoms with E-state index in [1.54, 1.807) is 23.1 Å². The fraction of sp³-hybridized carbons (Fsp3) is 0.100. The number of aromatic nitrogens is 1. The van der Waals surface area contributed by atoms with E-state index < -0.39 is 0 Å². The highest BCUT2D eigenvalue weighted by molar-refractivity contribution is 6.11. The number of carbonyl (C=O) groups is 2. The van der Waals surface area contributed by atoms with Gasteiger partial charge in [-0.05, 0) is 42.5 Å². The fourth-order valence-electron chi connectivity index (χ4n) is 3.07. The summed E-state index contributed by atoms with van der Waals surface area (Å²) in [4.78, 5) is 27.0. The molecule has 0 bridgehead atoms. The van der Waals surface area contributed by atoms with Crippen molar-refractivity contribution < 1.29 is 9.59 Å². The summed E-state index contributed by atoms with van der Waals surface area (Å²) >= 11 is 0. The number of nitrogens with one attached hydrogen (secondary N) is 1. The maximum Gasteiger partial charge on any atom is 0.258 e. The summed E-state index contributed by atoms with van der Waals surface area (Å²) in [6, 6.07) is 18.6. The van der Waals surface area contributed by atoms with E-state index in [-0.39, 0.29) is 11.8 Å². The van der Waals surface area contributed by atoms with E-state index in [2.05, 4.69) is 5.32 Å². The molecule has 2 aromatic carbocycles. The van der Waals surface area contributed by atoms with Gasteiger partial charge in [-0.15, -0.1) is 0 Å². The molecule has 1 N–H and O–H groups in total. The van der Waals surface area contributed by atoms with E-state index >= 15 is 0 Å². The number of carbonyl (C=O) groups excluding carboxylic acids is 2. The summed E-state index contributed by atoms with van der Waals surface area (Å²) in [7, 11) is 0. The zero-order valence-corrected chi connectivity index (χ0v) is 13.6. The zero-order chi connectivity index (χ0) is 17.2. The van der Waals surface area contributed by atoms with Gasteiger partial charge >= 0.3 is 0 Å². The molecule has 0 saturated carbocycles. The summed E-state index contributed by atoms with van der Waals surface area (Å²) in [6.45, 7) is 0.867. The molecule has 0 saturated heterocycles. The molecule has 1 aromatic heterocycles. The number of nitrogens with zero attached hydrogens (tertiary/aromatic N) is 2. The van der Waals surface area contributed by atoms with Gasteiger partial charge in [-0.3, -0.25) is 9.59 Å². The Morgan fingerprint density at radius 3 is 2.60 bits per heavy atom. The molecule has 0 radical (unpaired) electrons. The summed E-state index contributed by atoms with van der Waals surface area (Å²) in [5.74, 6) is -0.259. The highest BCUT2D eigenvalue weighted by Crippen LogP contribution is 2.24. The van der Waals surface area contributed by atoms with Gasteiger partial charge in [0.15, 0.2) is 0 Å². The molecular weight excluding hydrogens is 314 g/mol. The summed E-state index contributed by atoms with van der Waals surface area (Å²) in [6.07, 6.45) is 3.88. The van der Waals surface area contributed by atoms with Crippen molar-refractivity contribution in [1.29, 1.82) is 0 Å². The number of anilines is 1. The minimum atomic E-state index is -0.146. The molecule has 0 aliphatic carbocycles. The lowest BCUT2D eigenvalue weighted by Gasteiger charge is -2.22. The van der Waals surface area contributed by atoms with Crippen LogP contribution < -0.4 is 10.2 Å². The molecule has 5 nitrogen and oxygen atoms in total. The van der Waals surface area contributed by atoms with Gasteiger partial charge < -0.3 is 14.8 Å². The van der Waals surface area contributed by atoms with Crippen LogP contribution in [-0.2, 0) is 0 Å². The van der Waals surface area contributed by atoms with Crippen molar-refractivity contribution in [2.24, 2.45) is 0 Å². The highest BCUT2D eigenvalue weighted by atomic mass is 16.2. The van der Waals surface area contributed by atoms with Gasteiger partial charge in [0, 0.05) is 36.7 Å². The van der Waals surface area contributed by atoms with Gasteiger partial charge in [0.1, 0.15) is 0 Å². The van der Waals surface area contributed by atoms with Crippen LogP contribution in [0.3, 0.4) is 0 Å². The van der Waals surface area contributed by atoms with Gasteiger partial charge in [0.05, 0.1) is 11.3 Å². The Morgan fingerprint density at radius 2 is 1.76 bits per heavy atom. The first-order valence-electron chi connectivity index (χ1n) is 8.16. The third-order valence-corrected chi connectivity index (χ3v) is 4.30. The molecule has 2 heterocycles. The molecule has 2 amide bonds. The largest absolute Gasteiger partial charge is 0.350 e. The number of fused-ring (bicyclic) bond motifs is 1. The van der Waals surface area contributed by atoms with E-state index in [4.69, 9.17) is 0 Å². The Kier molecular flexibility index (Phi) is 3.82. The number of para-hydroxylation sites is 1. The molecule has 4 rings (SSSR count). The van der Waals surface area contributed by atoms with Crippen molar-refractivity contribution in [3.8, 4) is 5.69 Å². The normalized spacial score (nSPS) is 13.8. The molecule has 0 fully saturated rings. The van der Waals surface area contributed by atoms with Crippen molar-refractivity contribution in [2.45, 2.75) is 0 Å². The smallest absolute Gasteiger partial charge is 0.258 e. The van der Waals surface area contributed by atoms with Crippen LogP contribution in [0.1, 0.15) is 20.7 Å². The predicted molar refractivity (Wildman–Crippen MR) is 96.2 cm³/mol. The topological polar surface area (TPSA) is 54.3 Å². The molecule has 0 spiro atoms. The highest BCUT2D eigenvalue weighted by Gasteiger charge is 2.25. The third kappa shape index (κ3) is 2.80. The molecule has 0 unspecified atom stereocenters. The van der Waals surface area contributed by atoms with E-state index in [1.807, 2.05) is 59.4 Å². The Bertz CT molecular complexity index is 932. The van der Waals surface area contributed by atoms with E-state index in [1.165, 1.54) is 0 Å². The molecule has 1 aliphatic rings. The van der Waals surface area contributed by atoms with Gasteiger partial charge in [-0.2, -0.15) is 0 Å². The summed E-state index contributed by atoms with van der Waals surface area (Å²) < 4.78 is 1.96. The second-order valence-electron chi connectivity index (χ2n) is 5.87. The van der Waals surface area contributed by atoms with Crippen LogP contribution in [0.2, 0.25) is 0 Å². The van der Waals surface area contributed by atoms with Crippen LogP contribution in [0.4, 0.5) is 5.69 Å². The average molecular weight is 331 g/mol. The molecule has 1 aliphatic heterocycles. The quantitative estimate of drug-likeness (QED) is 0.785. The maximum atomic E-state index is 13.1. The van der Waals surface area contributed by atoms with Crippen LogP contribution in [0.15, 0.2) is 73.1 Å². The van der Waals surface area contributed by atoms with Crippen LogP contribution in [0.5, 0.6) is 0 Å². The number of hydrogen-bond donors (Lipinski definition) is 1. The molecule has 3 aromatic rings. The molecule has 0 atom stereocenters. The minimum Gasteiger partial charge on any atom is -0.350 e. The van der Waals surface area contributed by atoms with Gasteiger partial charge in [0.25, 0.3) is 11.8 Å². The minimum absolute atomic E-state index is 0.113. The van der Waals surface area contributed by atoms with Gasteiger partial charge in [0.2, 0.25) is 0 Å². The SMILES string of the molecule is O=C1NCCN(C(=O)c2cccc(-n3cccc3)c2)c2ccccc21.